The SMILES string of the molecule is CCCCCCCCCCCCCCCCN1CCN(CCCCCCCC)CC1. The Morgan fingerprint density at radius 3 is 0.833 bits per heavy atom. The van der Waals surface area contributed by atoms with Crippen LogP contribution in [0.5, 0.6) is 0 Å². The van der Waals surface area contributed by atoms with Gasteiger partial charge in [0.05, 0.1) is 0 Å². The third-order valence-electron chi connectivity index (χ3n) is 7.12. The monoisotopic (exact) mass is 422 g/mol. The first-order chi connectivity index (χ1) is 14.9. The molecule has 0 saturated carbocycles. The number of nitrogens with zero attached hydrogens (tertiary/aromatic N) is 2. The van der Waals surface area contributed by atoms with E-state index in [0.29, 0.717) is 0 Å². The standard InChI is InChI=1S/C28H58N2/c1-3-5-7-9-11-12-13-14-15-16-17-18-20-22-24-30-27-25-29(26-28-30)23-21-19-10-8-6-4-2/h3-28H2,1-2H3. The predicted molar refractivity (Wildman–Crippen MR) is 137 cm³/mol. The largest absolute Gasteiger partial charge is 0.301 e. The van der Waals surface area contributed by atoms with Crippen LogP contribution in [0.4, 0.5) is 0 Å². The molecule has 0 aliphatic carbocycles. The van der Waals surface area contributed by atoms with Gasteiger partial charge in [0, 0.05) is 26.2 Å². The molecule has 0 aromatic carbocycles. The van der Waals surface area contributed by atoms with Crippen LogP contribution in [0.15, 0.2) is 0 Å². The molecule has 1 aliphatic rings. The maximum absolute atomic E-state index is 2.72. The van der Waals surface area contributed by atoms with Crippen LogP contribution in [0.2, 0.25) is 0 Å². The van der Waals surface area contributed by atoms with Crippen molar-refractivity contribution < 1.29 is 0 Å². The van der Waals surface area contributed by atoms with E-state index >= 15 is 0 Å². The van der Waals surface area contributed by atoms with Crippen LogP contribution in [0.1, 0.15) is 142 Å². The van der Waals surface area contributed by atoms with Crippen molar-refractivity contribution in [3.05, 3.63) is 0 Å². The maximum atomic E-state index is 2.72. The van der Waals surface area contributed by atoms with Crippen molar-refractivity contribution in [2.24, 2.45) is 0 Å². The van der Waals surface area contributed by atoms with Gasteiger partial charge in [-0.15, -0.1) is 0 Å². The Kier molecular flexibility index (Phi) is 20.6. The fraction of sp³-hybridized carbons (Fsp3) is 1.00. The van der Waals surface area contributed by atoms with Crippen LogP contribution < -0.4 is 0 Å². The van der Waals surface area contributed by atoms with Gasteiger partial charge in [-0.1, -0.05) is 129 Å². The summed E-state index contributed by atoms with van der Waals surface area (Å²) in [5.41, 5.74) is 0. The minimum atomic E-state index is 1.31. The Balaban J connectivity index is 1.77. The summed E-state index contributed by atoms with van der Waals surface area (Å²) in [4.78, 5) is 5.43. The van der Waals surface area contributed by atoms with Gasteiger partial charge in [-0.05, 0) is 25.9 Å². The average Bonchev–Trinajstić information content (AvgIpc) is 2.77. The molecule has 1 heterocycles. The van der Waals surface area contributed by atoms with Crippen molar-refractivity contribution in [1.29, 1.82) is 0 Å². The zero-order chi connectivity index (χ0) is 21.5. The van der Waals surface area contributed by atoms with E-state index in [1.54, 1.807) is 0 Å². The summed E-state index contributed by atoms with van der Waals surface area (Å²) in [6.45, 7) is 12.6. The fourth-order valence-corrected chi connectivity index (χ4v) is 4.88. The second-order valence-corrected chi connectivity index (χ2v) is 10.0. The van der Waals surface area contributed by atoms with Gasteiger partial charge in [-0.2, -0.15) is 0 Å². The van der Waals surface area contributed by atoms with Crippen LogP contribution in [-0.4, -0.2) is 49.1 Å². The fourth-order valence-electron chi connectivity index (χ4n) is 4.88. The van der Waals surface area contributed by atoms with Gasteiger partial charge in [0.1, 0.15) is 0 Å². The lowest BCUT2D eigenvalue weighted by atomic mass is 10.0. The van der Waals surface area contributed by atoms with Crippen LogP contribution >= 0.6 is 0 Å². The lowest BCUT2D eigenvalue weighted by molar-refractivity contribution is 0.129. The third kappa shape index (κ3) is 17.6. The van der Waals surface area contributed by atoms with E-state index in [4.69, 9.17) is 0 Å². The molecule has 0 aromatic rings. The van der Waals surface area contributed by atoms with E-state index in [0.717, 1.165) is 0 Å². The average molecular weight is 423 g/mol. The number of unbranched alkanes of at least 4 members (excludes halogenated alkanes) is 18. The van der Waals surface area contributed by atoms with E-state index in [-0.39, 0.29) is 0 Å². The Bertz CT molecular complexity index is 323. The Labute approximate surface area is 191 Å². The zero-order valence-electron chi connectivity index (χ0n) is 21.3. The zero-order valence-corrected chi connectivity index (χ0v) is 21.3. The highest BCUT2D eigenvalue weighted by atomic mass is 15.3. The summed E-state index contributed by atoms with van der Waals surface area (Å²) in [6.07, 6.45) is 29.0. The van der Waals surface area contributed by atoms with Gasteiger partial charge in [-0.3, -0.25) is 0 Å². The van der Waals surface area contributed by atoms with E-state index < -0.39 is 0 Å². The molecule has 30 heavy (non-hydrogen) atoms. The molecule has 1 rings (SSSR count). The predicted octanol–water partition coefficient (Wildman–Crippen LogP) is 8.45. The summed E-state index contributed by atoms with van der Waals surface area (Å²) in [6, 6.07) is 0. The second-order valence-electron chi connectivity index (χ2n) is 10.0. The molecule has 0 radical (unpaired) electrons. The Morgan fingerprint density at radius 2 is 0.567 bits per heavy atom. The summed E-state index contributed by atoms with van der Waals surface area (Å²) in [5.74, 6) is 0. The summed E-state index contributed by atoms with van der Waals surface area (Å²) >= 11 is 0. The van der Waals surface area contributed by atoms with Crippen molar-refractivity contribution >= 4 is 0 Å². The number of hydrogen-bond donors (Lipinski definition) is 0. The van der Waals surface area contributed by atoms with Gasteiger partial charge < -0.3 is 9.80 Å². The van der Waals surface area contributed by atoms with E-state index in [1.165, 1.54) is 168 Å². The summed E-state index contributed by atoms with van der Waals surface area (Å²) in [7, 11) is 0. The highest BCUT2D eigenvalue weighted by Crippen LogP contribution is 2.13. The quantitative estimate of drug-likeness (QED) is 0.161. The molecule has 0 unspecified atom stereocenters. The molecule has 0 atom stereocenters. The van der Waals surface area contributed by atoms with Gasteiger partial charge in [0.25, 0.3) is 0 Å². The Hall–Kier alpha value is -0.0800. The first kappa shape index (κ1) is 28.0. The van der Waals surface area contributed by atoms with Gasteiger partial charge in [-0.25, -0.2) is 0 Å². The van der Waals surface area contributed by atoms with Crippen LogP contribution in [0.3, 0.4) is 0 Å². The first-order valence-electron chi connectivity index (χ1n) is 14.3. The van der Waals surface area contributed by atoms with Crippen LogP contribution in [-0.2, 0) is 0 Å². The van der Waals surface area contributed by atoms with Gasteiger partial charge in [0.15, 0.2) is 0 Å². The topological polar surface area (TPSA) is 6.48 Å². The smallest absolute Gasteiger partial charge is 0.0110 e. The molecule has 1 aliphatic heterocycles. The minimum Gasteiger partial charge on any atom is -0.301 e. The number of rotatable bonds is 22. The van der Waals surface area contributed by atoms with Crippen LogP contribution in [0, 0.1) is 0 Å². The molecule has 0 N–H and O–H groups in total. The van der Waals surface area contributed by atoms with Crippen molar-refractivity contribution in [1.82, 2.24) is 9.80 Å². The van der Waals surface area contributed by atoms with Crippen molar-refractivity contribution in [2.45, 2.75) is 142 Å². The first-order valence-corrected chi connectivity index (χ1v) is 14.3. The summed E-state index contributed by atoms with van der Waals surface area (Å²) in [5, 5.41) is 0. The molecular weight excluding hydrogens is 364 g/mol. The van der Waals surface area contributed by atoms with Crippen LogP contribution in [0.25, 0.3) is 0 Å². The minimum absolute atomic E-state index is 1.31. The molecule has 2 nitrogen and oxygen atoms in total. The van der Waals surface area contributed by atoms with Gasteiger partial charge in [0.2, 0.25) is 0 Å². The van der Waals surface area contributed by atoms with Crippen molar-refractivity contribution in [3.8, 4) is 0 Å². The van der Waals surface area contributed by atoms with Crippen molar-refractivity contribution in [2.75, 3.05) is 39.3 Å². The third-order valence-corrected chi connectivity index (χ3v) is 7.12. The molecule has 180 valence electrons. The highest BCUT2D eigenvalue weighted by molar-refractivity contribution is 4.71. The highest BCUT2D eigenvalue weighted by Gasteiger charge is 2.15. The molecule has 2 heteroatoms. The molecule has 1 saturated heterocycles. The molecular formula is C28H58N2. The molecule has 1 fully saturated rings. The number of piperazine rings is 1. The normalized spacial score (nSPS) is 15.8. The maximum Gasteiger partial charge on any atom is 0.0110 e. The van der Waals surface area contributed by atoms with E-state index in [1.807, 2.05) is 0 Å². The molecule has 0 aromatic heterocycles. The Morgan fingerprint density at radius 1 is 0.333 bits per heavy atom. The lowest BCUT2D eigenvalue weighted by Gasteiger charge is -2.34. The second kappa shape index (κ2) is 22.1. The molecule has 0 bridgehead atoms. The molecule has 0 spiro atoms. The number of hydrogen-bond acceptors (Lipinski definition) is 2. The van der Waals surface area contributed by atoms with Crippen molar-refractivity contribution in [3.63, 3.8) is 0 Å². The van der Waals surface area contributed by atoms with Gasteiger partial charge >= 0.3 is 0 Å². The molecule has 0 amide bonds. The van der Waals surface area contributed by atoms with E-state index in [2.05, 4.69) is 23.6 Å². The van der Waals surface area contributed by atoms with E-state index in [9.17, 15) is 0 Å². The summed E-state index contributed by atoms with van der Waals surface area (Å²) < 4.78 is 0. The lowest BCUT2D eigenvalue weighted by Crippen LogP contribution is -2.46.